The van der Waals surface area contributed by atoms with Gasteiger partial charge in [0.15, 0.2) is 5.60 Å². The molecule has 1 aromatic carbocycles. The number of thioether (sulfide) groups is 1. The Morgan fingerprint density at radius 2 is 1.90 bits per heavy atom. The number of aliphatic hydroxyl groups excluding tert-OH is 1. The number of amides is 2. The molecular formula is C38H46N4O6S. The van der Waals surface area contributed by atoms with Crippen molar-refractivity contribution >= 4 is 40.7 Å². The number of nitrogens with zero attached hydrogens (tertiary/aromatic N) is 3. The number of hydrogen-bond donors (Lipinski definition) is 2. The van der Waals surface area contributed by atoms with Crippen molar-refractivity contribution < 1.29 is 29.0 Å². The van der Waals surface area contributed by atoms with Crippen molar-refractivity contribution in [1.82, 2.24) is 14.7 Å². The Morgan fingerprint density at radius 1 is 1.10 bits per heavy atom. The van der Waals surface area contributed by atoms with Crippen LogP contribution in [0.15, 0.2) is 36.0 Å². The Kier molecular flexibility index (Phi) is 7.72. The molecule has 2 amide bonds. The third kappa shape index (κ3) is 4.81. The highest BCUT2D eigenvalue weighted by Crippen LogP contribution is 2.69. The number of aromatic nitrogens is 2. The van der Waals surface area contributed by atoms with Crippen molar-refractivity contribution in [3.63, 3.8) is 0 Å². The molecule has 11 heteroatoms. The van der Waals surface area contributed by atoms with Crippen LogP contribution in [0.3, 0.4) is 0 Å². The lowest BCUT2D eigenvalue weighted by molar-refractivity contribution is -0.197. The van der Waals surface area contributed by atoms with Gasteiger partial charge in [-0.2, -0.15) is 5.10 Å². The van der Waals surface area contributed by atoms with Crippen molar-refractivity contribution in [2.24, 2.45) is 40.2 Å². The summed E-state index contributed by atoms with van der Waals surface area (Å²) in [6.45, 7) is 4.90. The molecule has 260 valence electrons. The van der Waals surface area contributed by atoms with Crippen molar-refractivity contribution in [2.45, 2.75) is 95.8 Å². The van der Waals surface area contributed by atoms with Crippen LogP contribution in [0.5, 0.6) is 0 Å². The second-order valence-electron chi connectivity index (χ2n) is 15.9. The number of carbonyl (C=O) groups is 4. The first-order valence-corrected chi connectivity index (χ1v) is 19.1. The molecule has 1 aromatic heterocycles. The Bertz CT molecular complexity index is 1780. The van der Waals surface area contributed by atoms with Gasteiger partial charge in [0.25, 0.3) is 5.91 Å². The number of fused-ring (bicyclic) bond motifs is 6. The molecule has 10 nitrogen and oxygen atoms in total. The topological polar surface area (TPSA) is 145 Å². The lowest BCUT2D eigenvalue weighted by atomic mass is 9.45. The summed E-state index contributed by atoms with van der Waals surface area (Å²) in [5.74, 6) is -0.670. The van der Waals surface area contributed by atoms with Crippen LogP contribution in [-0.4, -0.2) is 73.2 Å². The quantitative estimate of drug-likeness (QED) is 0.417. The fourth-order valence-electron chi connectivity index (χ4n) is 10.9. The predicted molar refractivity (Wildman–Crippen MR) is 184 cm³/mol. The average molecular weight is 687 g/mol. The average Bonchev–Trinajstić information content (AvgIpc) is 3.56. The summed E-state index contributed by atoms with van der Waals surface area (Å²) in [6, 6.07) is 6.80. The van der Waals surface area contributed by atoms with E-state index in [2.05, 4.69) is 19.9 Å². The summed E-state index contributed by atoms with van der Waals surface area (Å²) in [4.78, 5) is 53.8. The number of benzene rings is 1. The molecule has 0 unspecified atom stereocenters. The van der Waals surface area contributed by atoms with Gasteiger partial charge in [0, 0.05) is 17.5 Å². The highest BCUT2D eigenvalue weighted by Gasteiger charge is 2.71. The van der Waals surface area contributed by atoms with E-state index in [1.165, 1.54) is 5.57 Å². The number of allylic oxidation sites excluding steroid dienone is 1. The van der Waals surface area contributed by atoms with Crippen LogP contribution >= 0.6 is 11.8 Å². The molecule has 0 spiro atoms. The van der Waals surface area contributed by atoms with Gasteiger partial charge >= 0.3 is 5.97 Å². The highest BCUT2D eigenvalue weighted by atomic mass is 32.2. The number of rotatable bonds is 6. The van der Waals surface area contributed by atoms with Crippen molar-refractivity contribution in [3.05, 3.63) is 52.9 Å². The van der Waals surface area contributed by atoms with Crippen LogP contribution < -0.4 is 5.73 Å². The van der Waals surface area contributed by atoms with E-state index in [4.69, 9.17) is 15.6 Å². The van der Waals surface area contributed by atoms with Crippen molar-refractivity contribution in [3.8, 4) is 5.69 Å². The standard InChI is InChI=1S/C38H46N4O6S/c1-36-18-23-20-40-42(25-7-4-6-22(16-25)33(45)41-15-5-8-28(41)32(39)44)29(23)17-24(36)11-12-26-27-13-14-38(35(47)49-3,48-34(46)21-9-10-21)37(27,2)19-30(43)31(26)36/h4,6-7,16-17,20-21,26-28,30-31,43H,5,8-15,18-19H2,1-3H3,(H2,39,44)/t26-,27-,28+,30-,31+,36-,37-,38-/m0/s1. The predicted octanol–water partition coefficient (Wildman–Crippen LogP) is 4.70. The summed E-state index contributed by atoms with van der Waals surface area (Å²) in [5.41, 5.74) is 8.10. The summed E-state index contributed by atoms with van der Waals surface area (Å²) >= 11 is 1.14. The van der Waals surface area contributed by atoms with Crippen LogP contribution in [0, 0.1) is 34.5 Å². The zero-order chi connectivity index (χ0) is 34.5. The fourth-order valence-corrected chi connectivity index (χ4v) is 11.6. The van der Waals surface area contributed by atoms with Gasteiger partial charge in [-0.15, -0.1) is 0 Å². The zero-order valence-corrected chi connectivity index (χ0v) is 29.3. The first-order valence-electron chi connectivity index (χ1n) is 17.9. The van der Waals surface area contributed by atoms with E-state index < -0.39 is 29.1 Å². The minimum atomic E-state index is -1.20. The maximum Gasteiger partial charge on any atom is 0.309 e. The molecule has 2 heterocycles. The van der Waals surface area contributed by atoms with E-state index in [1.807, 2.05) is 29.1 Å². The Labute approximate surface area is 291 Å². The third-order valence-electron chi connectivity index (χ3n) is 13.4. The number of carbonyl (C=O) groups excluding carboxylic acids is 4. The molecule has 4 saturated carbocycles. The lowest BCUT2D eigenvalue weighted by Crippen LogP contribution is -2.62. The van der Waals surface area contributed by atoms with Crippen LogP contribution in [0.4, 0.5) is 0 Å². The highest BCUT2D eigenvalue weighted by molar-refractivity contribution is 8.13. The largest absolute Gasteiger partial charge is 0.449 e. The number of likely N-dealkylation sites (tertiary alicyclic amines) is 1. The van der Waals surface area contributed by atoms with E-state index in [9.17, 15) is 24.3 Å². The Balaban J connectivity index is 1.08. The van der Waals surface area contributed by atoms with Gasteiger partial charge in [-0.1, -0.05) is 37.2 Å². The van der Waals surface area contributed by atoms with E-state index in [0.717, 1.165) is 73.7 Å². The van der Waals surface area contributed by atoms with Gasteiger partial charge in [0.1, 0.15) is 6.04 Å². The molecular weight excluding hydrogens is 641 g/mol. The number of hydrogen-bond acceptors (Lipinski definition) is 8. The van der Waals surface area contributed by atoms with E-state index in [-0.39, 0.29) is 46.1 Å². The molecule has 8 atom stereocenters. The van der Waals surface area contributed by atoms with Gasteiger partial charge in [-0.25, -0.2) is 4.68 Å². The molecule has 8 rings (SSSR count). The maximum absolute atomic E-state index is 13.7. The minimum absolute atomic E-state index is 0.000928. The summed E-state index contributed by atoms with van der Waals surface area (Å²) in [6.07, 6.45) is 12.5. The minimum Gasteiger partial charge on any atom is -0.449 e. The van der Waals surface area contributed by atoms with Crippen LogP contribution in [0.1, 0.15) is 93.3 Å². The molecule has 5 fully saturated rings. The number of primary amides is 1. The first kappa shape index (κ1) is 32.7. The third-order valence-corrected chi connectivity index (χ3v) is 14.1. The van der Waals surface area contributed by atoms with E-state index >= 15 is 0 Å². The van der Waals surface area contributed by atoms with Crippen LogP contribution in [-0.2, 0) is 25.5 Å². The molecule has 0 radical (unpaired) electrons. The smallest absolute Gasteiger partial charge is 0.309 e. The van der Waals surface area contributed by atoms with Crippen LogP contribution in [0.25, 0.3) is 11.8 Å². The number of aliphatic hydroxyl groups is 1. The van der Waals surface area contributed by atoms with Gasteiger partial charge in [-0.05, 0) is 123 Å². The molecule has 49 heavy (non-hydrogen) atoms. The van der Waals surface area contributed by atoms with Gasteiger partial charge in [0.2, 0.25) is 11.0 Å². The summed E-state index contributed by atoms with van der Waals surface area (Å²) in [5, 5.41) is 16.9. The Hall–Kier alpha value is -3.44. The lowest BCUT2D eigenvalue weighted by Gasteiger charge is -2.60. The number of ether oxygens (including phenoxy) is 1. The Morgan fingerprint density at radius 3 is 2.63 bits per heavy atom. The molecule has 1 aliphatic heterocycles. The summed E-state index contributed by atoms with van der Waals surface area (Å²) in [7, 11) is 0. The van der Waals surface area contributed by atoms with Gasteiger partial charge in [0.05, 0.1) is 29.6 Å². The number of nitrogens with two attached hydrogens (primary N) is 1. The monoisotopic (exact) mass is 686 g/mol. The van der Waals surface area contributed by atoms with Gasteiger partial charge in [-0.3, -0.25) is 19.2 Å². The van der Waals surface area contributed by atoms with Crippen molar-refractivity contribution in [2.75, 3.05) is 12.8 Å². The van der Waals surface area contributed by atoms with Gasteiger partial charge < -0.3 is 20.5 Å². The number of esters is 1. The first-order chi connectivity index (χ1) is 23.4. The summed E-state index contributed by atoms with van der Waals surface area (Å²) < 4.78 is 8.17. The van der Waals surface area contributed by atoms with Crippen LogP contribution in [0.2, 0.25) is 0 Å². The fraction of sp³-hybridized carbons (Fsp3) is 0.605. The molecule has 3 N–H and O–H groups in total. The van der Waals surface area contributed by atoms with Crippen molar-refractivity contribution in [1.29, 1.82) is 0 Å². The molecule has 1 saturated heterocycles. The maximum atomic E-state index is 13.7. The second kappa shape index (κ2) is 11.5. The molecule has 0 bridgehead atoms. The second-order valence-corrected chi connectivity index (χ2v) is 16.7. The molecule has 5 aliphatic carbocycles. The molecule has 6 aliphatic rings. The molecule has 2 aromatic rings. The van der Waals surface area contributed by atoms with E-state index in [0.29, 0.717) is 31.4 Å². The SMILES string of the molecule is CSC(=O)[C@@]1(OC(=O)C2CC2)CC[C@H]2[C@@H]3CCC4=Cc5c(cnn5-c5cccc(C(=O)N6CCC[C@@H]6C(N)=O)c5)C[C@]4(C)[C@H]3[C@@H](O)C[C@@]21C. The normalized spacial score (nSPS) is 36.2. The zero-order valence-electron chi connectivity index (χ0n) is 28.5. The van der Waals surface area contributed by atoms with E-state index in [1.54, 1.807) is 17.2 Å².